The Morgan fingerprint density at radius 1 is 1.28 bits per heavy atom. The molecule has 0 saturated carbocycles. The normalized spacial score (nSPS) is 27.7. The molecule has 7 nitrogen and oxygen atoms in total. The number of aromatic nitrogens is 4. The van der Waals surface area contributed by atoms with E-state index >= 15 is 0 Å². The number of benzene rings is 1. The Morgan fingerprint density at radius 3 is 2.78 bits per heavy atom. The zero-order valence-electron chi connectivity index (χ0n) is 17.7. The molecule has 2 fully saturated rings. The Labute approximate surface area is 183 Å². The fourth-order valence-electron chi connectivity index (χ4n) is 4.70. The third-order valence-electron chi connectivity index (χ3n) is 6.39. The monoisotopic (exact) mass is 439 g/mol. The summed E-state index contributed by atoms with van der Waals surface area (Å²) in [5.74, 6) is -2.74. The molecule has 32 heavy (non-hydrogen) atoms. The third-order valence-corrected chi connectivity index (χ3v) is 6.39. The van der Waals surface area contributed by atoms with Gasteiger partial charge >= 0.3 is 0 Å². The number of nitrogens with one attached hydrogen (secondary N) is 1. The van der Waals surface area contributed by atoms with Crippen LogP contribution in [0, 0.1) is 0 Å². The number of nitrogens with zero attached hydrogens (tertiary/aromatic N) is 4. The molecule has 9 heteroatoms. The van der Waals surface area contributed by atoms with Crippen molar-refractivity contribution in [2.24, 2.45) is 0 Å². The van der Waals surface area contributed by atoms with Gasteiger partial charge in [-0.25, -0.2) is 13.8 Å². The summed E-state index contributed by atoms with van der Waals surface area (Å²) in [6, 6.07) is 4.80. The molecule has 2 saturated heterocycles. The van der Waals surface area contributed by atoms with Crippen LogP contribution in [-0.4, -0.2) is 55.3 Å². The number of imidazole rings is 1. The van der Waals surface area contributed by atoms with E-state index < -0.39 is 23.6 Å². The number of ether oxygens (including phenoxy) is 1. The number of phenolic OH excluding ortho intramolecular Hbond substituents is 1. The molecule has 2 bridgehead atoms. The van der Waals surface area contributed by atoms with Gasteiger partial charge < -0.3 is 19.7 Å². The van der Waals surface area contributed by atoms with E-state index in [0.717, 1.165) is 11.3 Å². The van der Waals surface area contributed by atoms with E-state index in [0.29, 0.717) is 17.0 Å². The minimum absolute atomic E-state index is 0.0705. The fraction of sp³-hybridized carbons (Fsp3) is 0.348. The minimum Gasteiger partial charge on any atom is -0.507 e. The number of methoxy groups -OCH3 is 1. The van der Waals surface area contributed by atoms with E-state index in [1.165, 1.54) is 7.11 Å². The smallest absolute Gasteiger partial charge is 0.267 e. The van der Waals surface area contributed by atoms with E-state index in [1.807, 2.05) is 6.07 Å². The first-order valence-electron chi connectivity index (χ1n) is 10.3. The number of piperidine rings is 1. The summed E-state index contributed by atoms with van der Waals surface area (Å²) in [6.45, 7) is 1.55. The van der Waals surface area contributed by atoms with Gasteiger partial charge in [0.2, 0.25) is 0 Å². The van der Waals surface area contributed by atoms with Crippen molar-refractivity contribution in [3.05, 3.63) is 60.6 Å². The summed E-state index contributed by atoms with van der Waals surface area (Å²) in [5, 5.41) is 13.5. The average molecular weight is 439 g/mol. The molecule has 2 N–H and O–H groups in total. The van der Waals surface area contributed by atoms with Crippen molar-refractivity contribution in [3.63, 3.8) is 0 Å². The van der Waals surface area contributed by atoms with E-state index in [9.17, 15) is 13.9 Å². The van der Waals surface area contributed by atoms with E-state index in [1.54, 1.807) is 60.8 Å². The first-order chi connectivity index (χ1) is 15.3. The molecule has 1 unspecified atom stereocenters. The molecular formula is C23H23F2N5O2. The zero-order chi connectivity index (χ0) is 22.5. The van der Waals surface area contributed by atoms with E-state index in [4.69, 9.17) is 4.74 Å². The van der Waals surface area contributed by atoms with Crippen molar-refractivity contribution in [3.8, 4) is 22.7 Å². The molecule has 1 aromatic carbocycles. The minimum atomic E-state index is -2.81. The average Bonchev–Trinajstić information content (AvgIpc) is 3.34. The molecule has 2 aromatic heterocycles. The Morgan fingerprint density at radius 2 is 2.12 bits per heavy atom. The second-order valence-corrected chi connectivity index (χ2v) is 8.54. The molecule has 3 atom stereocenters. The van der Waals surface area contributed by atoms with Gasteiger partial charge in [-0.2, -0.15) is 0 Å². The van der Waals surface area contributed by atoms with Crippen LogP contribution in [0.25, 0.3) is 23.0 Å². The number of alkyl halides is 2. The summed E-state index contributed by atoms with van der Waals surface area (Å²) < 4.78 is 36.3. The number of fused-ring (bicyclic) bond motifs is 2. The van der Waals surface area contributed by atoms with E-state index in [-0.39, 0.29) is 18.6 Å². The molecule has 4 heterocycles. The van der Waals surface area contributed by atoms with Crippen LogP contribution in [0.3, 0.4) is 0 Å². The Hall–Kier alpha value is -3.17. The molecule has 0 radical (unpaired) electrons. The van der Waals surface area contributed by atoms with Gasteiger partial charge in [0.1, 0.15) is 5.75 Å². The van der Waals surface area contributed by atoms with Crippen LogP contribution in [0.15, 0.2) is 54.9 Å². The second-order valence-electron chi connectivity index (χ2n) is 8.54. The molecule has 5 rings (SSSR count). The molecule has 2 aliphatic heterocycles. The highest BCUT2D eigenvalue weighted by atomic mass is 19.3. The summed E-state index contributed by atoms with van der Waals surface area (Å²) >= 11 is 0. The molecule has 3 aromatic rings. The van der Waals surface area contributed by atoms with Gasteiger partial charge in [-0.3, -0.25) is 9.97 Å². The predicted molar refractivity (Wildman–Crippen MR) is 115 cm³/mol. The van der Waals surface area contributed by atoms with Gasteiger partial charge in [0.25, 0.3) is 5.92 Å². The Kier molecular flexibility index (Phi) is 4.83. The van der Waals surface area contributed by atoms with Crippen LogP contribution < -0.4 is 5.32 Å². The van der Waals surface area contributed by atoms with Crippen LogP contribution in [-0.2, 0) is 4.74 Å². The number of hydrogen-bond acceptors (Lipinski definition) is 6. The van der Waals surface area contributed by atoms with Crippen LogP contribution in [0.1, 0.15) is 25.5 Å². The van der Waals surface area contributed by atoms with Crippen LogP contribution in [0.2, 0.25) is 0 Å². The summed E-state index contributed by atoms with van der Waals surface area (Å²) in [7, 11) is 1.53. The molecule has 0 aliphatic carbocycles. The third kappa shape index (κ3) is 3.37. The molecular weight excluding hydrogens is 416 g/mol. The quantitative estimate of drug-likeness (QED) is 0.646. The van der Waals surface area contributed by atoms with Crippen molar-refractivity contribution in [1.29, 1.82) is 0 Å². The van der Waals surface area contributed by atoms with Gasteiger partial charge in [0.05, 0.1) is 47.4 Å². The van der Waals surface area contributed by atoms with Crippen molar-refractivity contribution in [2.75, 3.05) is 7.11 Å². The van der Waals surface area contributed by atoms with Crippen molar-refractivity contribution < 1.29 is 18.6 Å². The van der Waals surface area contributed by atoms with Gasteiger partial charge in [0, 0.05) is 43.6 Å². The SMILES string of the molecule is CO[C@@H]1/C(=C\c2cnc(-c3ccc(-n4ccnc4)cc3O)cn2)C[C@@]2(C)NC1CC2(F)F. The van der Waals surface area contributed by atoms with Gasteiger partial charge in [-0.15, -0.1) is 0 Å². The molecule has 166 valence electrons. The number of hydrogen-bond donors (Lipinski definition) is 2. The maximum Gasteiger partial charge on any atom is 0.267 e. The van der Waals surface area contributed by atoms with Crippen LogP contribution >= 0.6 is 0 Å². The van der Waals surface area contributed by atoms with Gasteiger partial charge in [-0.1, -0.05) is 0 Å². The molecule has 0 spiro atoms. The van der Waals surface area contributed by atoms with Crippen LogP contribution in [0.4, 0.5) is 8.78 Å². The maximum atomic E-state index is 14.5. The largest absolute Gasteiger partial charge is 0.507 e. The summed E-state index contributed by atoms with van der Waals surface area (Å²) in [4.78, 5) is 12.9. The topological polar surface area (TPSA) is 85.1 Å². The lowest BCUT2D eigenvalue weighted by Crippen LogP contribution is -2.56. The number of aromatic hydroxyl groups is 1. The highest BCUT2D eigenvalue weighted by molar-refractivity contribution is 5.68. The van der Waals surface area contributed by atoms with E-state index in [2.05, 4.69) is 20.3 Å². The highest BCUT2D eigenvalue weighted by Gasteiger charge is 2.62. The van der Waals surface area contributed by atoms with Crippen LogP contribution in [0.5, 0.6) is 5.75 Å². The first kappa shape index (κ1) is 20.7. The number of phenols is 1. The summed E-state index contributed by atoms with van der Waals surface area (Å²) in [6.07, 6.45) is 9.47. The zero-order valence-corrected chi connectivity index (χ0v) is 17.7. The molecule has 2 aliphatic rings. The van der Waals surface area contributed by atoms with Gasteiger partial charge in [0.15, 0.2) is 0 Å². The molecule has 0 amide bonds. The van der Waals surface area contributed by atoms with Crippen molar-refractivity contribution in [2.45, 2.75) is 43.4 Å². The fourth-order valence-corrected chi connectivity index (χ4v) is 4.70. The second kappa shape index (κ2) is 7.46. The Bertz CT molecular complexity index is 1160. The Balaban J connectivity index is 1.41. The lowest BCUT2D eigenvalue weighted by molar-refractivity contribution is -0.0523. The maximum absolute atomic E-state index is 14.5. The first-order valence-corrected chi connectivity index (χ1v) is 10.3. The number of rotatable bonds is 4. The van der Waals surface area contributed by atoms with Gasteiger partial charge in [-0.05, 0) is 37.1 Å². The lowest BCUT2D eigenvalue weighted by atomic mass is 9.85. The van der Waals surface area contributed by atoms with Crippen molar-refractivity contribution >= 4 is 6.08 Å². The number of halogens is 2. The predicted octanol–water partition coefficient (Wildman–Crippen LogP) is 3.59. The highest BCUT2D eigenvalue weighted by Crippen LogP contribution is 2.49. The summed E-state index contributed by atoms with van der Waals surface area (Å²) in [5.41, 5.74) is 1.85. The van der Waals surface area contributed by atoms with Crippen molar-refractivity contribution in [1.82, 2.24) is 24.8 Å². The lowest BCUT2D eigenvalue weighted by Gasteiger charge is -2.38. The standard InChI is InChI=1S/C23H23F2N5O2/c1-22-9-14(21(32-2)18(29-22)10-23(22,24)25)7-15-11-28-19(12-27-15)17-4-3-16(8-20(17)31)30-6-5-26-13-30/h3-8,11-13,18,21,29,31H,9-10H2,1-2H3/b14-7-/t18?,21-,22-/m1/s1.